The average Bonchev–Trinajstić information content (AvgIpc) is 2.14. The first-order valence-electron chi connectivity index (χ1n) is 5.17. The summed E-state index contributed by atoms with van der Waals surface area (Å²) in [5.41, 5.74) is 1.71. The van der Waals surface area contributed by atoms with E-state index >= 15 is 0 Å². The van der Waals surface area contributed by atoms with Crippen LogP contribution in [0.4, 0.5) is 14.5 Å². The number of rotatable bonds is 3. The zero-order valence-corrected chi connectivity index (χ0v) is 9.04. The van der Waals surface area contributed by atoms with E-state index in [1.807, 2.05) is 12.1 Å². The van der Waals surface area contributed by atoms with E-state index in [0.717, 1.165) is 11.3 Å². The van der Waals surface area contributed by atoms with Gasteiger partial charge in [0.25, 0.3) is 5.92 Å². The third kappa shape index (κ3) is 2.38. The largest absolute Gasteiger partial charge is 0.359 e. The van der Waals surface area contributed by atoms with Gasteiger partial charge >= 0.3 is 0 Å². The number of hydrogen-bond acceptors (Lipinski definition) is 2. The number of anilines is 1. The summed E-state index contributed by atoms with van der Waals surface area (Å²) in [7, 11) is 0. The van der Waals surface area contributed by atoms with Crippen LogP contribution in [0.3, 0.4) is 0 Å². The van der Waals surface area contributed by atoms with E-state index in [-0.39, 0.29) is 18.9 Å². The Labute approximate surface area is 92.9 Å². The van der Waals surface area contributed by atoms with Gasteiger partial charge in [0.2, 0.25) is 0 Å². The maximum absolute atomic E-state index is 12.6. The van der Waals surface area contributed by atoms with Crippen molar-refractivity contribution in [2.45, 2.75) is 19.3 Å². The van der Waals surface area contributed by atoms with Crippen molar-refractivity contribution in [3.8, 4) is 0 Å². The van der Waals surface area contributed by atoms with E-state index in [1.165, 1.54) is 6.92 Å². The number of alkyl halides is 2. The summed E-state index contributed by atoms with van der Waals surface area (Å²) in [6, 6.07) is 7.20. The molecule has 1 heterocycles. The Balaban J connectivity index is 2.01. The fraction of sp³-hybridized carbons (Fsp3) is 0.417. The number of Topliss-reactive ketones (excluding diaryl/α,β-unsaturated/α-hetero) is 1. The molecule has 2 nitrogen and oxygen atoms in total. The summed E-state index contributed by atoms with van der Waals surface area (Å²) in [6.45, 7) is 1.11. The maximum Gasteiger partial charge on any atom is 0.282 e. The normalized spacial score (nSPS) is 18.1. The second-order valence-corrected chi connectivity index (χ2v) is 4.26. The van der Waals surface area contributed by atoms with Gasteiger partial charge in [-0.15, -0.1) is 0 Å². The first-order chi connectivity index (χ1) is 7.46. The van der Waals surface area contributed by atoms with Crippen LogP contribution in [-0.2, 0) is 11.2 Å². The molecule has 0 aliphatic carbocycles. The van der Waals surface area contributed by atoms with Crippen molar-refractivity contribution in [1.82, 2.24) is 0 Å². The summed E-state index contributed by atoms with van der Waals surface area (Å²) in [5.74, 6) is -2.44. The topological polar surface area (TPSA) is 20.3 Å². The lowest BCUT2D eigenvalue weighted by atomic mass is 10.1. The van der Waals surface area contributed by atoms with E-state index in [0.29, 0.717) is 6.42 Å². The van der Waals surface area contributed by atoms with E-state index in [9.17, 15) is 13.6 Å². The van der Waals surface area contributed by atoms with Crippen molar-refractivity contribution in [2.24, 2.45) is 0 Å². The van der Waals surface area contributed by atoms with Crippen molar-refractivity contribution < 1.29 is 13.6 Å². The Morgan fingerprint density at radius 1 is 1.31 bits per heavy atom. The quantitative estimate of drug-likeness (QED) is 0.786. The van der Waals surface area contributed by atoms with Crippen molar-refractivity contribution >= 4 is 11.5 Å². The molecule has 1 saturated heterocycles. The monoisotopic (exact) mass is 225 g/mol. The molecule has 0 unspecified atom stereocenters. The lowest BCUT2D eigenvalue weighted by Gasteiger charge is -2.40. The van der Waals surface area contributed by atoms with Crippen molar-refractivity contribution in [3.05, 3.63) is 29.8 Å². The summed E-state index contributed by atoms with van der Waals surface area (Å²) in [4.78, 5) is 12.5. The predicted molar refractivity (Wildman–Crippen MR) is 58.0 cm³/mol. The molecule has 0 radical (unpaired) electrons. The molecular weight excluding hydrogens is 212 g/mol. The van der Waals surface area contributed by atoms with Gasteiger partial charge in [-0.25, -0.2) is 8.78 Å². The lowest BCUT2D eigenvalue weighted by Crippen LogP contribution is -2.56. The second-order valence-electron chi connectivity index (χ2n) is 4.26. The second kappa shape index (κ2) is 3.85. The molecule has 86 valence electrons. The number of halogens is 2. The summed E-state index contributed by atoms with van der Waals surface area (Å²) < 4.78 is 25.3. The fourth-order valence-corrected chi connectivity index (χ4v) is 1.81. The van der Waals surface area contributed by atoms with Crippen LogP contribution in [0.2, 0.25) is 0 Å². The molecule has 0 atom stereocenters. The molecule has 1 aromatic rings. The molecule has 0 spiro atoms. The Hall–Kier alpha value is -1.45. The number of nitrogens with zero attached hydrogens (tertiary/aromatic N) is 1. The molecule has 0 bridgehead atoms. The van der Waals surface area contributed by atoms with Crippen LogP contribution >= 0.6 is 0 Å². The van der Waals surface area contributed by atoms with Gasteiger partial charge in [-0.1, -0.05) is 12.1 Å². The molecule has 1 aromatic carbocycles. The Kier molecular flexibility index (Phi) is 2.66. The minimum absolute atomic E-state index is 0.100. The summed E-state index contributed by atoms with van der Waals surface area (Å²) in [6.07, 6.45) is 0.399. The van der Waals surface area contributed by atoms with E-state index in [1.54, 1.807) is 17.0 Å². The highest BCUT2D eigenvalue weighted by Crippen LogP contribution is 2.31. The van der Waals surface area contributed by atoms with Gasteiger partial charge in [0, 0.05) is 12.1 Å². The number of carbonyl (C=O) groups is 1. The van der Waals surface area contributed by atoms with Crippen LogP contribution in [0.1, 0.15) is 12.5 Å². The van der Waals surface area contributed by atoms with Gasteiger partial charge in [0.15, 0.2) is 0 Å². The minimum Gasteiger partial charge on any atom is -0.359 e. The zero-order valence-electron chi connectivity index (χ0n) is 9.04. The van der Waals surface area contributed by atoms with Crippen molar-refractivity contribution in [1.29, 1.82) is 0 Å². The van der Waals surface area contributed by atoms with E-state index < -0.39 is 5.92 Å². The molecule has 1 aliphatic rings. The van der Waals surface area contributed by atoms with Crippen molar-refractivity contribution in [2.75, 3.05) is 18.0 Å². The lowest BCUT2D eigenvalue weighted by molar-refractivity contribution is -0.116. The first-order valence-corrected chi connectivity index (χ1v) is 5.17. The highest BCUT2D eigenvalue weighted by atomic mass is 19.3. The number of ketones is 1. The van der Waals surface area contributed by atoms with Gasteiger partial charge in [0.1, 0.15) is 5.78 Å². The van der Waals surface area contributed by atoms with E-state index in [4.69, 9.17) is 0 Å². The van der Waals surface area contributed by atoms with E-state index in [2.05, 4.69) is 0 Å². The van der Waals surface area contributed by atoms with Gasteiger partial charge in [0.05, 0.1) is 13.1 Å². The van der Waals surface area contributed by atoms with Gasteiger partial charge in [-0.05, 0) is 24.6 Å². The molecule has 16 heavy (non-hydrogen) atoms. The van der Waals surface area contributed by atoms with Crippen LogP contribution < -0.4 is 4.90 Å². The van der Waals surface area contributed by atoms with Gasteiger partial charge in [-0.3, -0.25) is 4.79 Å². The molecule has 2 rings (SSSR count). The molecule has 1 fully saturated rings. The van der Waals surface area contributed by atoms with Crippen molar-refractivity contribution in [3.63, 3.8) is 0 Å². The molecule has 0 aromatic heterocycles. The molecular formula is C12H13F2NO. The maximum atomic E-state index is 12.6. The number of carbonyl (C=O) groups excluding carboxylic acids is 1. The fourth-order valence-electron chi connectivity index (χ4n) is 1.81. The molecule has 4 heteroatoms. The third-order valence-corrected chi connectivity index (χ3v) is 2.60. The summed E-state index contributed by atoms with van der Waals surface area (Å²) in [5, 5.41) is 0. The molecule has 0 N–H and O–H groups in total. The van der Waals surface area contributed by atoms with Crippen LogP contribution in [0.5, 0.6) is 0 Å². The minimum atomic E-state index is -2.54. The third-order valence-electron chi connectivity index (χ3n) is 2.60. The molecule has 1 aliphatic heterocycles. The number of hydrogen-bond donors (Lipinski definition) is 0. The molecule has 0 amide bonds. The zero-order chi connectivity index (χ0) is 11.8. The highest BCUT2D eigenvalue weighted by molar-refractivity contribution is 5.78. The first kappa shape index (κ1) is 11.0. The predicted octanol–water partition coefficient (Wildman–Crippen LogP) is 2.27. The standard InChI is InChI=1S/C12H13F2NO/c1-9(16)6-10-2-4-11(5-3-10)15-7-12(13,14)8-15/h2-5H,6-8H2,1H3. The smallest absolute Gasteiger partial charge is 0.282 e. The number of benzene rings is 1. The Morgan fingerprint density at radius 3 is 2.31 bits per heavy atom. The van der Waals surface area contributed by atoms with Gasteiger partial charge < -0.3 is 4.90 Å². The van der Waals surface area contributed by atoms with Crippen LogP contribution in [0.15, 0.2) is 24.3 Å². The van der Waals surface area contributed by atoms with Crippen LogP contribution in [0.25, 0.3) is 0 Å². The van der Waals surface area contributed by atoms with Gasteiger partial charge in [-0.2, -0.15) is 0 Å². The SMILES string of the molecule is CC(=O)Cc1ccc(N2CC(F)(F)C2)cc1. The highest BCUT2D eigenvalue weighted by Gasteiger charge is 2.43. The molecule has 0 saturated carbocycles. The van der Waals surface area contributed by atoms with Crippen LogP contribution in [-0.4, -0.2) is 24.8 Å². The average molecular weight is 225 g/mol. The van der Waals surface area contributed by atoms with Crippen LogP contribution in [0, 0.1) is 0 Å². The Bertz CT molecular complexity index is 392. The Morgan fingerprint density at radius 2 is 1.88 bits per heavy atom. The summed E-state index contributed by atoms with van der Waals surface area (Å²) >= 11 is 0.